The highest BCUT2D eigenvalue weighted by Gasteiger charge is 2.14. The number of nitrogen functional groups attached to an aromatic ring is 1. The van der Waals surface area contributed by atoms with Gasteiger partial charge >= 0.3 is 5.97 Å². The molecule has 0 atom stereocenters. The Balaban J connectivity index is 2.07. The number of nitrogens with two attached hydrogens (primary N) is 2. The quantitative estimate of drug-likeness (QED) is 0.169. The summed E-state index contributed by atoms with van der Waals surface area (Å²) in [6, 6.07) is 11.7. The second kappa shape index (κ2) is 8.86. The van der Waals surface area contributed by atoms with E-state index in [0.29, 0.717) is 16.7 Å². The lowest BCUT2D eigenvalue weighted by Gasteiger charge is -2.08. The number of hydrogen-bond donors (Lipinski definition) is 2. The summed E-state index contributed by atoms with van der Waals surface area (Å²) in [5, 5.41) is 6.87. The molecule has 0 fully saturated rings. The lowest BCUT2D eigenvalue weighted by atomic mass is 10.0. The van der Waals surface area contributed by atoms with Crippen LogP contribution in [0.5, 0.6) is 0 Å². The molecule has 0 bridgehead atoms. The fourth-order valence-corrected chi connectivity index (χ4v) is 2.61. The number of benzene rings is 2. The summed E-state index contributed by atoms with van der Waals surface area (Å²) in [5.74, 6) is 2.35. The molecule has 0 aliphatic carbocycles. The molecule has 30 heavy (non-hydrogen) atoms. The number of amidine groups is 1. The van der Waals surface area contributed by atoms with Gasteiger partial charge in [-0.2, -0.15) is 0 Å². The molecule has 1 aromatic heterocycles. The van der Waals surface area contributed by atoms with E-state index in [1.807, 2.05) is 0 Å². The van der Waals surface area contributed by atoms with Crippen LogP contribution in [0.25, 0.3) is 11.1 Å². The minimum atomic E-state index is -1.15. The van der Waals surface area contributed by atoms with Crippen LogP contribution in [0.3, 0.4) is 0 Å². The minimum Gasteiger partial charge on any atom is -0.465 e. The lowest BCUT2D eigenvalue weighted by Crippen LogP contribution is -2.06. The van der Waals surface area contributed by atoms with Crippen molar-refractivity contribution >= 4 is 23.3 Å². The highest BCUT2D eigenvalue weighted by Crippen LogP contribution is 2.26. The number of methoxy groups -OCH3 is 1. The van der Waals surface area contributed by atoms with Gasteiger partial charge in [0.15, 0.2) is 17.5 Å². The van der Waals surface area contributed by atoms with Crippen LogP contribution in [0.1, 0.15) is 15.9 Å². The Labute approximate surface area is 169 Å². The molecular weight excluding hydrogens is 394 g/mol. The normalized spacial score (nSPS) is 11.6. The summed E-state index contributed by atoms with van der Waals surface area (Å²) in [5.41, 5.74) is 7.54. The molecule has 2 aromatic carbocycles. The Morgan fingerprint density at radius 3 is 2.50 bits per heavy atom. The summed E-state index contributed by atoms with van der Waals surface area (Å²) >= 11 is 0. The summed E-state index contributed by atoms with van der Waals surface area (Å²) in [6.07, 6.45) is 1.51. The maximum absolute atomic E-state index is 14.0. The number of esters is 1. The first-order valence-electron chi connectivity index (χ1n) is 8.53. The predicted octanol–water partition coefficient (Wildman–Crippen LogP) is 3.80. The van der Waals surface area contributed by atoms with E-state index in [4.69, 9.17) is 11.6 Å². The van der Waals surface area contributed by atoms with E-state index in [1.165, 1.54) is 25.4 Å². The fourth-order valence-electron chi connectivity index (χ4n) is 2.61. The van der Waals surface area contributed by atoms with Gasteiger partial charge in [0.05, 0.1) is 18.2 Å². The molecule has 3 rings (SSSR count). The van der Waals surface area contributed by atoms with Gasteiger partial charge in [0.1, 0.15) is 11.5 Å². The van der Waals surface area contributed by atoms with Crippen LogP contribution in [0.2, 0.25) is 0 Å². The largest absolute Gasteiger partial charge is 0.465 e. The second-order valence-corrected chi connectivity index (χ2v) is 5.95. The predicted molar refractivity (Wildman–Crippen MR) is 107 cm³/mol. The number of ether oxygens (including phenoxy) is 1. The number of anilines is 1. The maximum Gasteiger partial charge on any atom is 0.337 e. The van der Waals surface area contributed by atoms with Crippen LogP contribution in [0.15, 0.2) is 70.1 Å². The summed E-state index contributed by atoms with van der Waals surface area (Å²) in [4.78, 5) is 19.7. The van der Waals surface area contributed by atoms with Gasteiger partial charge in [0.2, 0.25) is 0 Å². The number of hydrogen-bond acceptors (Lipinski definition) is 6. The third kappa shape index (κ3) is 4.27. The maximum atomic E-state index is 14.0. The Hall–Kier alpha value is -4.21. The van der Waals surface area contributed by atoms with Crippen molar-refractivity contribution in [1.29, 1.82) is 0 Å². The zero-order valence-corrected chi connectivity index (χ0v) is 15.7. The molecule has 3 aromatic rings. The molecule has 1 heterocycles. The van der Waals surface area contributed by atoms with E-state index in [-0.39, 0.29) is 22.9 Å². The van der Waals surface area contributed by atoms with Gasteiger partial charge in [-0.15, -0.1) is 5.11 Å². The van der Waals surface area contributed by atoms with E-state index in [0.717, 1.165) is 6.07 Å². The van der Waals surface area contributed by atoms with Gasteiger partial charge in [0.25, 0.3) is 0 Å². The molecule has 0 spiro atoms. The van der Waals surface area contributed by atoms with Crippen molar-refractivity contribution in [2.45, 2.75) is 0 Å². The first-order valence-corrected chi connectivity index (χ1v) is 8.53. The first-order chi connectivity index (χ1) is 14.4. The van der Waals surface area contributed by atoms with Crippen LogP contribution in [-0.4, -0.2) is 23.9 Å². The number of nitrogens with zero attached hydrogens (tertiary/aromatic N) is 4. The van der Waals surface area contributed by atoms with Crippen LogP contribution in [0, 0.1) is 11.6 Å². The van der Waals surface area contributed by atoms with Crippen LogP contribution < -0.4 is 11.6 Å². The molecule has 8 nitrogen and oxygen atoms in total. The van der Waals surface area contributed by atoms with Crippen molar-refractivity contribution in [1.82, 2.24) is 4.98 Å². The number of carbonyl (C=O) groups excluding carboxylic acids is 1. The van der Waals surface area contributed by atoms with E-state index < -0.39 is 17.6 Å². The highest BCUT2D eigenvalue weighted by molar-refractivity contribution is 6.05. The summed E-state index contributed by atoms with van der Waals surface area (Å²) in [6.45, 7) is 0. The first kappa shape index (κ1) is 20.5. The van der Waals surface area contributed by atoms with Gasteiger partial charge in [-0.05, 0) is 35.9 Å². The average molecular weight is 410 g/mol. The average Bonchev–Trinajstić information content (AvgIpc) is 2.76. The van der Waals surface area contributed by atoms with Gasteiger partial charge in [0, 0.05) is 11.8 Å². The Morgan fingerprint density at radius 2 is 1.83 bits per heavy atom. The zero-order chi connectivity index (χ0) is 21.7. The van der Waals surface area contributed by atoms with Gasteiger partial charge in [-0.25, -0.2) is 23.6 Å². The Bertz CT molecular complexity index is 1150. The lowest BCUT2D eigenvalue weighted by molar-refractivity contribution is 0.0600. The van der Waals surface area contributed by atoms with Crippen molar-refractivity contribution in [2.24, 2.45) is 21.2 Å². The molecule has 0 aliphatic heterocycles. The monoisotopic (exact) mass is 410 g/mol. The van der Waals surface area contributed by atoms with Crippen molar-refractivity contribution in [3.63, 3.8) is 0 Å². The highest BCUT2D eigenvalue weighted by atomic mass is 19.2. The van der Waals surface area contributed by atoms with Gasteiger partial charge in [-0.1, -0.05) is 23.4 Å². The number of aliphatic imine (C=N–C) groups is 1. The summed E-state index contributed by atoms with van der Waals surface area (Å²) < 4.78 is 32.2. The molecule has 152 valence electrons. The molecule has 4 N–H and O–H groups in total. The van der Waals surface area contributed by atoms with Crippen molar-refractivity contribution < 1.29 is 18.3 Å². The third-order valence-corrected chi connectivity index (χ3v) is 4.11. The third-order valence-electron chi connectivity index (χ3n) is 4.11. The van der Waals surface area contributed by atoms with E-state index in [2.05, 4.69) is 25.1 Å². The Kier molecular flexibility index (Phi) is 6.06. The summed E-state index contributed by atoms with van der Waals surface area (Å²) in [7, 11) is 1.29. The zero-order valence-electron chi connectivity index (χ0n) is 15.7. The van der Waals surface area contributed by atoms with Crippen molar-refractivity contribution in [3.8, 4) is 11.1 Å². The van der Waals surface area contributed by atoms with Gasteiger partial charge < -0.3 is 16.3 Å². The minimum absolute atomic E-state index is 0.0351. The number of aromatic nitrogens is 1. The number of carbonyl (C=O) groups is 1. The number of rotatable bonds is 4. The van der Waals surface area contributed by atoms with Crippen molar-refractivity contribution in [2.75, 3.05) is 12.8 Å². The standard InChI is InChI=1S/C20H16F2N6O2/c1-30-20(29)12-7-5-11(6-8-12)13-9-14(18(23)25-10-13)19(27-28-24)26-16-4-2-3-15(21)17(16)22/h2-10H,1H3,(H2,23,25)(H2,24,26,27). The van der Waals surface area contributed by atoms with Crippen LogP contribution in [0.4, 0.5) is 20.3 Å². The van der Waals surface area contributed by atoms with E-state index in [9.17, 15) is 13.6 Å². The van der Waals surface area contributed by atoms with Crippen molar-refractivity contribution in [3.05, 3.63) is 77.5 Å². The van der Waals surface area contributed by atoms with Crippen LogP contribution >= 0.6 is 0 Å². The number of pyridine rings is 1. The number of halogens is 2. The van der Waals surface area contributed by atoms with Crippen LogP contribution in [-0.2, 0) is 4.74 Å². The smallest absolute Gasteiger partial charge is 0.337 e. The van der Waals surface area contributed by atoms with E-state index in [1.54, 1.807) is 30.3 Å². The molecule has 0 saturated heterocycles. The Morgan fingerprint density at radius 1 is 1.10 bits per heavy atom. The SMILES string of the molecule is COC(=O)c1ccc(-c2cnc(N)c(C(N=NN)=Nc3cccc(F)c3F)c2)cc1. The molecule has 0 amide bonds. The molecule has 0 radical (unpaired) electrons. The molecule has 10 heteroatoms. The molecule has 0 aliphatic rings. The van der Waals surface area contributed by atoms with E-state index >= 15 is 0 Å². The fraction of sp³-hybridized carbons (Fsp3) is 0.0500. The molecular formula is C20H16F2N6O2. The van der Waals surface area contributed by atoms with Gasteiger partial charge in [-0.3, -0.25) is 0 Å². The topological polar surface area (TPSA) is 128 Å². The second-order valence-electron chi connectivity index (χ2n) is 5.95. The molecule has 0 saturated carbocycles. The molecule has 0 unspecified atom stereocenters.